The molecular formula is C27H29ClF3N5O4S. The number of carboxylic acids is 1. The number of hydrogen-bond donors (Lipinski definition) is 4. The predicted octanol–water partition coefficient (Wildman–Crippen LogP) is 4.34. The number of fused-ring (bicyclic) bond motifs is 2. The Kier molecular flexibility index (Phi) is 9.72. The number of aromatic nitrogens is 2. The zero-order chi connectivity index (χ0) is 29.7. The molecule has 0 bridgehead atoms. The van der Waals surface area contributed by atoms with Gasteiger partial charge in [-0.1, -0.05) is 29.8 Å². The Morgan fingerprint density at radius 2 is 1.78 bits per heavy atom. The van der Waals surface area contributed by atoms with E-state index >= 15 is 0 Å². The first-order valence-corrected chi connectivity index (χ1v) is 14.2. The van der Waals surface area contributed by atoms with Gasteiger partial charge in [0, 0.05) is 22.8 Å². The van der Waals surface area contributed by atoms with E-state index in [4.69, 9.17) is 27.2 Å². The van der Waals surface area contributed by atoms with E-state index < -0.39 is 18.2 Å². The number of nitrogens with one attached hydrogen (secondary N) is 2. The molecular weight excluding hydrogens is 583 g/mol. The number of benzene rings is 1. The van der Waals surface area contributed by atoms with E-state index in [1.807, 2.05) is 12.1 Å². The summed E-state index contributed by atoms with van der Waals surface area (Å²) in [4.78, 5) is 41.6. The van der Waals surface area contributed by atoms with Crippen molar-refractivity contribution in [2.24, 2.45) is 5.73 Å². The van der Waals surface area contributed by atoms with Crippen molar-refractivity contribution >= 4 is 40.6 Å². The van der Waals surface area contributed by atoms with Crippen LogP contribution in [0.25, 0.3) is 0 Å². The van der Waals surface area contributed by atoms with Gasteiger partial charge in [0.1, 0.15) is 6.04 Å². The third kappa shape index (κ3) is 7.46. The highest BCUT2D eigenvalue weighted by atomic mass is 35.5. The van der Waals surface area contributed by atoms with Gasteiger partial charge in [0.15, 0.2) is 11.0 Å². The van der Waals surface area contributed by atoms with Crippen LogP contribution in [0.2, 0.25) is 5.15 Å². The molecule has 2 aromatic heterocycles. The number of carboxylic acid groups (broad SMARTS) is 1. The molecule has 14 heteroatoms. The van der Waals surface area contributed by atoms with Crippen molar-refractivity contribution in [1.29, 1.82) is 0 Å². The first-order valence-electron chi connectivity index (χ1n) is 13.0. The zero-order valence-corrected chi connectivity index (χ0v) is 23.5. The van der Waals surface area contributed by atoms with Gasteiger partial charge in [0.25, 0.3) is 5.56 Å². The maximum Gasteiger partial charge on any atom is 0.490 e. The van der Waals surface area contributed by atoms with Crippen LogP contribution in [0.3, 0.4) is 0 Å². The van der Waals surface area contributed by atoms with Crippen molar-refractivity contribution in [3.05, 3.63) is 78.0 Å². The van der Waals surface area contributed by atoms with Crippen LogP contribution in [0, 0.1) is 0 Å². The summed E-state index contributed by atoms with van der Waals surface area (Å²) in [5, 5.41) is 13.5. The standard InChI is InChI=1S/C25H28ClN5O2S.C2HF3O2/c26-22-20-9-10-21(24(32)29-14-19-8-7-18(12-27)34-19)31(20)25(33)23(30-22)28-13-15-5-6-16-3-1-2-4-17(16)11-15;3-2(4,5)1(6)7/h5-8,11,21H,1-4,9-10,12-14,27H2,(H,28,30)(H,29,32);(H,6,7)/t21-;/m0./s1. The van der Waals surface area contributed by atoms with Gasteiger partial charge in [-0.2, -0.15) is 13.2 Å². The molecule has 2 aliphatic rings. The third-order valence-corrected chi connectivity index (χ3v) is 8.31. The average molecular weight is 612 g/mol. The molecule has 1 amide bonds. The fourth-order valence-corrected chi connectivity index (χ4v) is 5.97. The molecule has 3 aromatic rings. The van der Waals surface area contributed by atoms with Crippen LogP contribution in [0.15, 0.2) is 35.1 Å². The summed E-state index contributed by atoms with van der Waals surface area (Å²) < 4.78 is 33.2. The van der Waals surface area contributed by atoms with E-state index in [9.17, 15) is 22.8 Å². The number of nitrogens with zero attached hydrogens (tertiary/aromatic N) is 2. The van der Waals surface area contributed by atoms with E-state index in [-0.39, 0.29) is 22.4 Å². The SMILES string of the molecule is NCc1ccc(CNC(=O)[C@@H]2CCc3c(Cl)nc(NCc4ccc5c(c4)CCCC5)c(=O)n32)s1.O=C(O)C(F)(F)F. The largest absolute Gasteiger partial charge is 0.490 e. The van der Waals surface area contributed by atoms with Gasteiger partial charge in [-0.05, 0) is 67.3 Å². The molecule has 1 aliphatic carbocycles. The molecule has 1 atom stereocenters. The van der Waals surface area contributed by atoms with Gasteiger partial charge < -0.3 is 21.5 Å². The van der Waals surface area contributed by atoms with Crippen LogP contribution in [-0.2, 0) is 48.5 Å². The van der Waals surface area contributed by atoms with Crippen LogP contribution in [-0.4, -0.2) is 32.7 Å². The lowest BCUT2D eigenvalue weighted by molar-refractivity contribution is -0.192. The first kappa shape index (κ1) is 30.5. The molecule has 41 heavy (non-hydrogen) atoms. The minimum atomic E-state index is -5.08. The number of carbonyl (C=O) groups is 2. The van der Waals surface area contributed by atoms with Crippen LogP contribution in [0.5, 0.6) is 0 Å². The summed E-state index contributed by atoms with van der Waals surface area (Å²) in [6, 6.07) is 9.83. The lowest BCUT2D eigenvalue weighted by Crippen LogP contribution is -2.36. The number of halogens is 4. The molecule has 5 N–H and O–H groups in total. The third-order valence-electron chi connectivity index (χ3n) is 6.90. The van der Waals surface area contributed by atoms with Crippen LogP contribution >= 0.6 is 22.9 Å². The van der Waals surface area contributed by atoms with E-state index in [2.05, 4.69) is 33.8 Å². The van der Waals surface area contributed by atoms with E-state index in [1.165, 1.54) is 28.5 Å². The highest BCUT2D eigenvalue weighted by molar-refractivity contribution is 7.11. The number of aryl methyl sites for hydroxylation is 2. The van der Waals surface area contributed by atoms with Gasteiger partial charge in [0.2, 0.25) is 5.91 Å². The van der Waals surface area contributed by atoms with Gasteiger partial charge in [0.05, 0.1) is 12.2 Å². The Morgan fingerprint density at radius 1 is 1.10 bits per heavy atom. The predicted molar refractivity (Wildman–Crippen MR) is 149 cm³/mol. The van der Waals surface area contributed by atoms with Gasteiger partial charge in [-0.25, -0.2) is 9.78 Å². The molecule has 0 fully saturated rings. The zero-order valence-electron chi connectivity index (χ0n) is 21.9. The molecule has 220 valence electrons. The topological polar surface area (TPSA) is 139 Å². The Labute approximate surface area is 242 Å². The van der Waals surface area contributed by atoms with E-state index in [0.29, 0.717) is 38.2 Å². The fourth-order valence-electron chi connectivity index (χ4n) is 4.87. The van der Waals surface area contributed by atoms with Crippen molar-refractivity contribution in [2.75, 3.05) is 5.32 Å². The van der Waals surface area contributed by atoms with Crippen molar-refractivity contribution in [3.63, 3.8) is 0 Å². The highest BCUT2D eigenvalue weighted by Crippen LogP contribution is 2.29. The molecule has 5 rings (SSSR count). The lowest BCUT2D eigenvalue weighted by atomic mass is 9.90. The van der Waals surface area contributed by atoms with Crippen molar-refractivity contribution in [2.45, 2.75) is 70.4 Å². The van der Waals surface area contributed by atoms with Crippen LogP contribution in [0.4, 0.5) is 19.0 Å². The second kappa shape index (κ2) is 13.0. The number of nitrogens with two attached hydrogens (primary N) is 1. The Balaban J connectivity index is 0.000000493. The van der Waals surface area contributed by atoms with Gasteiger partial charge in [-0.15, -0.1) is 11.3 Å². The smallest absolute Gasteiger partial charge is 0.475 e. The monoisotopic (exact) mass is 611 g/mol. The minimum absolute atomic E-state index is 0.178. The maximum absolute atomic E-state index is 13.3. The molecule has 0 saturated heterocycles. The second-order valence-electron chi connectivity index (χ2n) is 9.68. The number of anilines is 1. The number of hydrogen-bond acceptors (Lipinski definition) is 7. The summed E-state index contributed by atoms with van der Waals surface area (Å²) in [5.41, 5.74) is 9.89. The minimum Gasteiger partial charge on any atom is -0.475 e. The van der Waals surface area contributed by atoms with Crippen molar-refractivity contribution < 1.29 is 27.9 Å². The maximum atomic E-state index is 13.3. The lowest BCUT2D eigenvalue weighted by Gasteiger charge is -2.18. The Morgan fingerprint density at radius 3 is 2.44 bits per heavy atom. The molecule has 0 spiro atoms. The summed E-state index contributed by atoms with van der Waals surface area (Å²) in [6.45, 7) is 1.37. The molecule has 3 heterocycles. The quantitative estimate of drug-likeness (QED) is 0.312. The van der Waals surface area contributed by atoms with Crippen LogP contribution < -0.4 is 21.9 Å². The normalized spacial score (nSPS) is 15.8. The number of carbonyl (C=O) groups excluding carboxylic acids is 1. The van der Waals surface area contributed by atoms with Crippen molar-refractivity contribution in [3.8, 4) is 0 Å². The number of alkyl halides is 3. The number of thiophene rings is 1. The molecule has 0 saturated carbocycles. The first-order chi connectivity index (χ1) is 19.5. The van der Waals surface area contributed by atoms with Crippen LogP contribution in [0.1, 0.15) is 57.4 Å². The number of amides is 1. The summed E-state index contributed by atoms with van der Waals surface area (Å²) in [7, 11) is 0. The van der Waals surface area contributed by atoms with E-state index in [0.717, 1.165) is 28.2 Å². The summed E-state index contributed by atoms with van der Waals surface area (Å²) >= 11 is 8.01. The second-order valence-corrected chi connectivity index (χ2v) is 11.3. The fraction of sp³-hybridized carbons (Fsp3) is 0.407. The molecule has 0 radical (unpaired) electrons. The molecule has 0 unspecified atom stereocenters. The highest BCUT2D eigenvalue weighted by Gasteiger charge is 2.38. The number of rotatable bonds is 7. The van der Waals surface area contributed by atoms with Crippen molar-refractivity contribution in [1.82, 2.24) is 14.9 Å². The molecule has 9 nitrogen and oxygen atoms in total. The molecule has 1 aliphatic heterocycles. The Bertz CT molecular complexity index is 1490. The number of aliphatic carboxylic acids is 1. The van der Waals surface area contributed by atoms with Gasteiger partial charge in [-0.3, -0.25) is 14.2 Å². The average Bonchev–Trinajstić information content (AvgIpc) is 3.60. The summed E-state index contributed by atoms with van der Waals surface area (Å²) in [5.74, 6) is -2.77. The molecule has 1 aromatic carbocycles. The van der Waals surface area contributed by atoms with E-state index in [1.54, 1.807) is 11.3 Å². The van der Waals surface area contributed by atoms with Gasteiger partial charge >= 0.3 is 12.1 Å². The summed E-state index contributed by atoms with van der Waals surface area (Å²) in [6.07, 6.45) is 0.684. The Hall–Kier alpha value is -3.42.